The molecule has 0 bridgehead atoms. The van der Waals surface area contributed by atoms with Gasteiger partial charge in [-0.3, -0.25) is 5.32 Å². The van der Waals surface area contributed by atoms with Crippen molar-refractivity contribution in [2.75, 3.05) is 18.1 Å². The van der Waals surface area contributed by atoms with Crippen LogP contribution in [0.2, 0.25) is 0 Å². The van der Waals surface area contributed by atoms with E-state index in [1.165, 1.54) is 0 Å². The van der Waals surface area contributed by atoms with Crippen LogP contribution >= 0.6 is 27.7 Å². The predicted molar refractivity (Wildman–Crippen MR) is 55.4 cm³/mol. The Morgan fingerprint density at radius 2 is 2.18 bits per heavy atom. The van der Waals surface area contributed by atoms with E-state index in [0.717, 1.165) is 18.1 Å². The molecule has 0 amide bonds. The average molecular weight is 242 g/mol. The molecule has 4 heteroatoms. The van der Waals surface area contributed by atoms with Crippen LogP contribution in [0, 0.1) is 0 Å². The predicted octanol–water partition coefficient (Wildman–Crippen LogP) is 1.43. The summed E-state index contributed by atoms with van der Waals surface area (Å²) in [7, 11) is 0. The van der Waals surface area contributed by atoms with E-state index in [2.05, 4.69) is 28.2 Å². The van der Waals surface area contributed by atoms with Crippen LogP contribution < -0.4 is 5.32 Å². The van der Waals surface area contributed by atoms with Crippen molar-refractivity contribution in [3.8, 4) is 0 Å². The highest BCUT2D eigenvalue weighted by Crippen LogP contribution is 2.11. The zero-order valence-corrected chi connectivity index (χ0v) is 9.41. The van der Waals surface area contributed by atoms with Gasteiger partial charge in [-0.2, -0.15) is 11.8 Å². The molecule has 0 aromatic carbocycles. The number of aliphatic hydroxyl groups is 1. The Hall–Kier alpha value is 0.750. The first-order valence-electron chi connectivity index (χ1n) is 3.85. The van der Waals surface area contributed by atoms with Crippen LogP contribution in [0.4, 0.5) is 0 Å². The van der Waals surface area contributed by atoms with Crippen LogP contribution in [0.1, 0.15) is 13.8 Å². The van der Waals surface area contributed by atoms with Crippen LogP contribution in [0.5, 0.6) is 0 Å². The largest absolute Gasteiger partial charge is 0.377 e. The van der Waals surface area contributed by atoms with Gasteiger partial charge >= 0.3 is 0 Å². The summed E-state index contributed by atoms with van der Waals surface area (Å²) in [5.74, 6) is 2.05. The van der Waals surface area contributed by atoms with E-state index >= 15 is 0 Å². The van der Waals surface area contributed by atoms with E-state index in [1.807, 2.05) is 18.7 Å². The maximum Gasteiger partial charge on any atom is 0.118 e. The molecule has 0 radical (unpaired) electrons. The lowest BCUT2D eigenvalue weighted by Crippen LogP contribution is -2.37. The van der Waals surface area contributed by atoms with Gasteiger partial charge in [0.2, 0.25) is 0 Å². The molecule has 11 heavy (non-hydrogen) atoms. The van der Waals surface area contributed by atoms with E-state index in [-0.39, 0.29) is 4.83 Å². The maximum atomic E-state index is 9.37. The Kier molecular flexibility index (Phi) is 7.91. The van der Waals surface area contributed by atoms with E-state index in [4.69, 9.17) is 0 Å². The van der Waals surface area contributed by atoms with Gasteiger partial charge in [-0.25, -0.2) is 0 Å². The van der Waals surface area contributed by atoms with Crippen LogP contribution in [-0.4, -0.2) is 34.2 Å². The third kappa shape index (κ3) is 5.96. The molecule has 0 aromatic rings. The van der Waals surface area contributed by atoms with Crippen molar-refractivity contribution in [2.45, 2.75) is 24.9 Å². The highest BCUT2D eigenvalue weighted by Gasteiger charge is 2.13. The molecule has 0 aliphatic heterocycles. The van der Waals surface area contributed by atoms with Gasteiger partial charge in [0.05, 0.1) is 4.83 Å². The topological polar surface area (TPSA) is 32.3 Å². The monoisotopic (exact) mass is 241 g/mol. The molecule has 0 aliphatic rings. The molecule has 2 N–H and O–H groups in total. The molecule has 0 saturated heterocycles. The summed E-state index contributed by atoms with van der Waals surface area (Å²) in [6.45, 7) is 4.90. The molecule has 0 rings (SSSR count). The zero-order chi connectivity index (χ0) is 8.69. The van der Waals surface area contributed by atoms with E-state index in [9.17, 15) is 5.11 Å². The number of nitrogens with one attached hydrogen (secondary N) is 1. The van der Waals surface area contributed by atoms with Crippen molar-refractivity contribution in [2.24, 2.45) is 0 Å². The minimum absolute atomic E-state index is 0.160. The first kappa shape index (κ1) is 11.8. The normalized spacial score (nSPS) is 16.4. The molecule has 2 atom stereocenters. The van der Waals surface area contributed by atoms with Crippen molar-refractivity contribution < 1.29 is 5.11 Å². The van der Waals surface area contributed by atoms with Crippen molar-refractivity contribution in [1.29, 1.82) is 0 Å². The molecule has 0 aliphatic carbocycles. The molecule has 0 aromatic heterocycles. The Morgan fingerprint density at radius 1 is 1.55 bits per heavy atom. The van der Waals surface area contributed by atoms with Crippen LogP contribution in [0.25, 0.3) is 0 Å². The summed E-state index contributed by atoms with van der Waals surface area (Å²) >= 11 is 5.24. The van der Waals surface area contributed by atoms with Gasteiger partial charge in [-0.15, -0.1) is 0 Å². The van der Waals surface area contributed by atoms with Gasteiger partial charge in [0.25, 0.3) is 0 Å². The second kappa shape index (κ2) is 7.40. The summed E-state index contributed by atoms with van der Waals surface area (Å²) in [5, 5.41) is 12.3. The van der Waals surface area contributed by atoms with Crippen LogP contribution in [0.3, 0.4) is 0 Å². The van der Waals surface area contributed by atoms with E-state index < -0.39 is 6.23 Å². The first-order valence-corrected chi connectivity index (χ1v) is 5.92. The molecular weight excluding hydrogens is 226 g/mol. The van der Waals surface area contributed by atoms with Gasteiger partial charge in [0.1, 0.15) is 6.23 Å². The van der Waals surface area contributed by atoms with Gasteiger partial charge < -0.3 is 5.11 Å². The Labute approximate surface area is 81.3 Å². The number of alkyl halides is 1. The fraction of sp³-hybridized carbons (Fsp3) is 1.00. The highest BCUT2D eigenvalue weighted by atomic mass is 79.9. The quantitative estimate of drug-likeness (QED) is 0.546. The minimum Gasteiger partial charge on any atom is -0.377 e. The second-order valence-electron chi connectivity index (χ2n) is 2.18. The van der Waals surface area contributed by atoms with Gasteiger partial charge in [0, 0.05) is 5.75 Å². The lowest BCUT2D eigenvalue weighted by atomic mass is 10.4. The number of thioether (sulfide) groups is 1. The lowest BCUT2D eigenvalue weighted by Gasteiger charge is -2.16. The molecular formula is C7H16BrNOS. The summed E-state index contributed by atoms with van der Waals surface area (Å²) in [6, 6.07) is 0. The van der Waals surface area contributed by atoms with Crippen molar-refractivity contribution in [1.82, 2.24) is 5.32 Å². The minimum atomic E-state index is -0.418. The Bertz CT molecular complexity index is 94.5. The van der Waals surface area contributed by atoms with E-state index in [0.29, 0.717) is 0 Å². The standard InChI is InChI=1S/C7H16BrNOS/c1-3-9-7(10)6(8)5-11-4-2/h6-7,9-10H,3-5H2,1-2H3. The molecule has 0 saturated carbocycles. The summed E-state index contributed by atoms with van der Waals surface area (Å²) in [4.78, 5) is 0.160. The average Bonchev–Trinajstić information content (AvgIpc) is 2.00. The number of hydrogen-bond donors (Lipinski definition) is 2. The molecule has 2 unspecified atom stereocenters. The maximum absolute atomic E-state index is 9.37. The Balaban J connectivity index is 3.38. The van der Waals surface area contributed by atoms with Gasteiger partial charge in [-0.05, 0) is 12.3 Å². The molecule has 0 fully saturated rings. The van der Waals surface area contributed by atoms with E-state index in [1.54, 1.807) is 0 Å². The SMILES string of the molecule is CCNC(O)C(Br)CSCC. The summed E-state index contributed by atoms with van der Waals surface area (Å²) in [6.07, 6.45) is -0.418. The second-order valence-corrected chi connectivity index (χ2v) is 4.67. The zero-order valence-electron chi connectivity index (χ0n) is 7.01. The number of aliphatic hydroxyl groups excluding tert-OH is 1. The number of hydrogen-bond acceptors (Lipinski definition) is 3. The smallest absolute Gasteiger partial charge is 0.118 e. The lowest BCUT2D eigenvalue weighted by molar-refractivity contribution is 0.144. The number of halogens is 1. The third-order valence-corrected chi connectivity index (χ3v) is 3.49. The van der Waals surface area contributed by atoms with Crippen LogP contribution in [0.15, 0.2) is 0 Å². The fourth-order valence-corrected chi connectivity index (χ4v) is 2.05. The highest BCUT2D eigenvalue weighted by molar-refractivity contribution is 9.09. The Morgan fingerprint density at radius 3 is 2.64 bits per heavy atom. The molecule has 68 valence electrons. The van der Waals surface area contributed by atoms with Crippen molar-refractivity contribution in [3.05, 3.63) is 0 Å². The van der Waals surface area contributed by atoms with Crippen molar-refractivity contribution >= 4 is 27.7 Å². The van der Waals surface area contributed by atoms with Gasteiger partial charge in [-0.1, -0.05) is 29.8 Å². The molecule has 2 nitrogen and oxygen atoms in total. The van der Waals surface area contributed by atoms with Crippen LogP contribution in [-0.2, 0) is 0 Å². The summed E-state index contributed by atoms with van der Waals surface area (Å²) < 4.78 is 0. The van der Waals surface area contributed by atoms with Crippen molar-refractivity contribution in [3.63, 3.8) is 0 Å². The fourth-order valence-electron chi connectivity index (χ4n) is 0.659. The first-order chi connectivity index (χ1) is 5.22. The molecule has 0 heterocycles. The number of rotatable bonds is 6. The third-order valence-electron chi connectivity index (χ3n) is 1.24. The van der Waals surface area contributed by atoms with Gasteiger partial charge in [0.15, 0.2) is 0 Å². The summed E-state index contributed by atoms with van der Waals surface area (Å²) in [5.41, 5.74) is 0. The molecule has 0 spiro atoms.